The highest BCUT2D eigenvalue weighted by Gasteiger charge is 2.15. The number of anilines is 1. The van der Waals surface area contributed by atoms with Gasteiger partial charge in [-0.2, -0.15) is 0 Å². The number of sulfonamides is 1. The molecule has 0 bridgehead atoms. The van der Waals surface area contributed by atoms with Crippen LogP contribution in [0.25, 0.3) is 0 Å². The van der Waals surface area contributed by atoms with E-state index >= 15 is 0 Å². The number of benzene rings is 2. The highest BCUT2D eigenvalue weighted by Crippen LogP contribution is 2.27. The SMILES string of the molecule is CSc1cccc(NS(=O)(=O)c2ccc(Cl)c(Br)c2)c1. The van der Waals surface area contributed by atoms with Crippen LogP contribution in [-0.4, -0.2) is 14.7 Å². The van der Waals surface area contributed by atoms with Gasteiger partial charge in [0.1, 0.15) is 0 Å². The highest BCUT2D eigenvalue weighted by molar-refractivity contribution is 9.10. The summed E-state index contributed by atoms with van der Waals surface area (Å²) in [7, 11) is -3.63. The van der Waals surface area contributed by atoms with E-state index in [1.165, 1.54) is 12.1 Å². The van der Waals surface area contributed by atoms with Crippen molar-refractivity contribution in [1.82, 2.24) is 0 Å². The van der Waals surface area contributed by atoms with E-state index in [1.54, 1.807) is 30.0 Å². The molecule has 0 amide bonds. The van der Waals surface area contributed by atoms with Crippen LogP contribution in [0.15, 0.2) is 56.7 Å². The maximum atomic E-state index is 12.3. The molecule has 0 saturated heterocycles. The van der Waals surface area contributed by atoms with Gasteiger partial charge in [-0.15, -0.1) is 11.8 Å². The van der Waals surface area contributed by atoms with Crippen molar-refractivity contribution in [1.29, 1.82) is 0 Å². The first-order valence-corrected chi connectivity index (χ1v) is 9.42. The number of rotatable bonds is 4. The number of hydrogen-bond acceptors (Lipinski definition) is 3. The molecule has 0 radical (unpaired) electrons. The molecule has 0 aliphatic heterocycles. The van der Waals surface area contributed by atoms with E-state index in [4.69, 9.17) is 11.6 Å². The summed E-state index contributed by atoms with van der Waals surface area (Å²) in [5, 5.41) is 0.466. The molecule has 0 atom stereocenters. The predicted octanol–water partition coefficient (Wildman–Crippen LogP) is 4.63. The van der Waals surface area contributed by atoms with Crippen molar-refractivity contribution in [2.24, 2.45) is 0 Å². The standard InChI is InChI=1S/C13H11BrClNO2S2/c1-19-10-4-2-3-9(7-10)16-20(17,18)11-5-6-13(15)12(14)8-11/h2-8,16H,1H3. The van der Waals surface area contributed by atoms with Gasteiger partial charge in [0.2, 0.25) is 0 Å². The Bertz CT molecular complexity index is 735. The van der Waals surface area contributed by atoms with Crippen molar-refractivity contribution >= 4 is 55.0 Å². The minimum absolute atomic E-state index is 0.156. The molecular weight excluding hydrogens is 382 g/mol. The summed E-state index contributed by atoms with van der Waals surface area (Å²) in [5.41, 5.74) is 0.530. The molecule has 7 heteroatoms. The first-order valence-electron chi connectivity index (χ1n) is 5.54. The summed E-state index contributed by atoms with van der Waals surface area (Å²) in [6, 6.07) is 11.7. The van der Waals surface area contributed by atoms with Gasteiger partial charge >= 0.3 is 0 Å². The fraction of sp³-hybridized carbons (Fsp3) is 0.0769. The number of thioether (sulfide) groups is 1. The van der Waals surface area contributed by atoms with Gasteiger partial charge in [0.15, 0.2) is 0 Å². The van der Waals surface area contributed by atoms with Crippen LogP contribution in [0.3, 0.4) is 0 Å². The molecule has 2 aromatic carbocycles. The van der Waals surface area contributed by atoms with Crippen LogP contribution >= 0.6 is 39.3 Å². The van der Waals surface area contributed by atoms with E-state index in [2.05, 4.69) is 20.7 Å². The molecular formula is C13H11BrClNO2S2. The van der Waals surface area contributed by atoms with Gasteiger partial charge in [0.05, 0.1) is 9.92 Å². The van der Waals surface area contributed by atoms with Gasteiger partial charge in [0.25, 0.3) is 10.0 Å². The van der Waals surface area contributed by atoms with E-state index in [0.29, 0.717) is 15.2 Å². The van der Waals surface area contributed by atoms with E-state index in [0.717, 1.165) is 4.90 Å². The monoisotopic (exact) mass is 391 g/mol. The minimum Gasteiger partial charge on any atom is -0.280 e. The third kappa shape index (κ3) is 3.69. The Morgan fingerprint density at radius 1 is 1.20 bits per heavy atom. The Hall–Kier alpha value is -0.690. The van der Waals surface area contributed by atoms with Crippen LogP contribution in [0, 0.1) is 0 Å². The zero-order chi connectivity index (χ0) is 14.8. The fourth-order valence-electron chi connectivity index (χ4n) is 1.54. The smallest absolute Gasteiger partial charge is 0.261 e. The summed E-state index contributed by atoms with van der Waals surface area (Å²) in [6.07, 6.45) is 1.93. The van der Waals surface area contributed by atoms with E-state index in [9.17, 15) is 8.42 Å². The van der Waals surface area contributed by atoms with Gasteiger partial charge in [-0.1, -0.05) is 17.7 Å². The van der Waals surface area contributed by atoms with Crippen molar-refractivity contribution in [3.05, 3.63) is 52.0 Å². The average Bonchev–Trinajstić information content (AvgIpc) is 2.41. The Morgan fingerprint density at radius 2 is 1.95 bits per heavy atom. The van der Waals surface area contributed by atoms with Gasteiger partial charge < -0.3 is 0 Å². The second kappa shape index (κ2) is 6.39. The van der Waals surface area contributed by atoms with Crippen LogP contribution in [0.4, 0.5) is 5.69 Å². The Kier molecular flexibility index (Phi) is 5.01. The molecule has 106 valence electrons. The third-order valence-electron chi connectivity index (χ3n) is 2.52. The predicted molar refractivity (Wildman–Crippen MR) is 88.2 cm³/mol. The molecule has 2 aromatic rings. The first kappa shape index (κ1) is 15.7. The van der Waals surface area contributed by atoms with Crippen LogP contribution in [0.1, 0.15) is 0 Å². The number of hydrogen-bond donors (Lipinski definition) is 1. The van der Waals surface area contributed by atoms with Gasteiger partial charge in [-0.05, 0) is 58.6 Å². The van der Waals surface area contributed by atoms with Crippen LogP contribution in [0.5, 0.6) is 0 Å². The fourth-order valence-corrected chi connectivity index (χ4v) is 3.73. The molecule has 1 N–H and O–H groups in total. The third-order valence-corrected chi connectivity index (χ3v) is 5.84. The van der Waals surface area contributed by atoms with Gasteiger partial charge in [-0.25, -0.2) is 8.42 Å². The quantitative estimate of drug-likeness (QED) is 0.772. The zero-order valence-electron chi connectivity index (χ0n) is 10.4. The molecule has 0 spiro atoms. The van der Waals surface area contributed by atoms with Crippen molar-refractivity contribution in [2.45, 2.75) is 9.79 Å². The van der Waals surface area contributed by atoms with Crippen molar-refractivity contribution in [3.8, 4) is 0 Å². The molecule has 20 heavy (non-hydrogen) atoms. The molecule has 0 aliphatic rings. The van der Waals surface area contributed by atoms with Crippen molar-refractivity contribution in [2.75, 3.05) is 11.0 Å². The Balaban J connectivity index is 2.32. The van der Waals surface area contributed by atoms with Crippen LogP contribution < -0.4 is 4.72 Å². The normalized spacial score (nSPS) is 11.3. The molecule has 0 unspecified atom stereocenters. The van der Waals surface area contributed by atoms with E-state index < -0.39 is 10.0 Å². The largest absolute Gasteiger partial charge is 0.280 e. The second-order valence-corrected chi connectivity index (χ2v) is 7.74. The summed E-state index contributed by atoms with van der Waals surface area (Å²) in [6.45, 7) is 0. The Morgan fingerprint density at radius 3 is 2.60 bits per heavy atom. The number of nitrogens with one attached hydrogen (secondary N) is 1. The van der Waals surface area contributed by atoms with Crippen LogP contribution in [-0.2, 0) is 10.0 Å². The molecule has 0 aromatic heterocycles. The molecule has 3 nitrogen and oxygen atoms in total. The summed E-state index contributed by atoms with van der Waals surface area (Å²) in [4.78, 5) is 1.14. The van der Waals surface area contributed by atoms with Crippen molar-refractivity contribution < 1.29 is 8.42 Å². The summed E-state index contributed by atoms with van der Waals surface area (Å²) >= 11 is 10.6. The lowest BCUT2D eigenvalue weighted by atomic mass is 10.3. The lowest BCUT2D eigenvalue weighted by Crippen LogP contribution is -2.12. The first-order chi connectivity index (χ1) is 9.42. The lowest BCUT2D eigenvalue weighted by Gasteiger charge is -2.09. The molecule has 0 aliphatic carbocycles. The molecule has 0 saturated carbocycles. The lowest BCUT2D eigenvalue weighted by molar-refractivity contribution is 0.601. The minimum atomic E-state index is -3.63. The molecule has 2 rings (SSSR count). The summed E-state index contributed by atoms with van der Waals surface area (Å²) < 4.78 is 27.7. The Labute approximate surface area is 135 Å². The molecule has 0 heterocycles. The topological polar surface area (TPSA) is 46.2 Å². The zero-order valence-corrected chi connectivity index (χ0v) is 14.4. The van der Waals surface area contributed by atoms with Gasteiger partial charge in [-0.3, -0.25) is 4.72 Å². The van der Waals surface area contributed by atoms with Gasteiger partial charge in [0, 0.05) is 15.1 Å². The van der Waals surface area contributed by atoms with Crippen LogP contribution in [0.2, 0.25) is 5.02 Å². The number of halogens is 2. The second-order valence-electron chi connectivity index (χ2n) is 3.91. The van der Waals surface area contributed by atoms with Crippen molar-refractivity contribution in [3.63, 3.8) is 0 Å². The maximum Gasteiger partial charge on any atom is 0.261 e. The maximum absolute atomic E-state index is 12.3. The summed E-state index contributed by atoms with van der Waals surface area (Å²) in [5.74, 6) is 0. The average molecular weight is 393 g/mol. The van der Waals surface area contributed by atoms with E-state index in [-0.39, 0.29) is 4.90 Å². The van der Waals surface area contributed by atoms with E-state index in [1.807, 2.05) is 18.4 Å². The highest BCUT2D eigenvalue weighted by atomic mass is 79.9. The molecule has 0 fully saturated rings.